The summed E-state index contributed by atoms with van der Waals surface area (Å²) in [6.07, 6.45) is 1.04. The number of aryl methyl sites for hydroxylation is 1. The van der Waals surface area contributed by atoms with Gasteiger partial charge in [-0.15, -0.1) is 10.2 Å². The lowest BCUT2D eigenvalue weighted by molar-refractivity contribution is 1.04. The van der Waals surface area contributed by atoms with Crippen LogP contribution in [0.15, 0.2) is 36.4 Å². The summed E-state index contributed by atoms with van der Waals surface area (Å²) in [5.74, 6) is 0.689. The van der Waals surface area contributed by atoms with E-state index in [1.54, 1.807) is 12.1 Å². The lowest BCUT2D eigenvalue weighted by atomic mass is 10.1. The van der Waals surface area contributed by atoms with Gasteiger partial charge in [-0.25, -0.2) is 0 Å². The van der Waals surface area contributed by atoms with Crippen LogP contribution in [0, 0.1) is 0 Å². The quantitative estimate of drug-likeness (QED) is 0.883. The Bertz CT molecular complexity index is 451. The smallest absolute Gasteiger partial charge is 0.153 e. The maximum absolute atomic E-state index is 5.65. The van der Waals surface area contributed by atoms with E-state index >= 15 is 0 Å². The molecule has 0 fully saturated rings. The number of hydrogen-bond donors (Lipinski definition) is 1. The normalized spacial score (nSPS) is 10.1. The first kappa shape index (κ1) is 10.9. The molecule has 2 aromatic rings. The minimum absolute atomic E-state index is 0.395. The fourth-order valence-electron chi connectivity index (χ4n) is 1.35. The van der Waals surface area contributed by atoms with Gasteiger partial charge < -0.3 is 5.32 Å². The van der Waals surface area contributed by atoms with Gasteiger partial charge in [-0.2, -0.15) is 0 Å². The summed E-state index contributed by atoms with van der Waals surface area (Å²) in [5.41, 5.74) is 2.31. The molecule has 0 unspecified atom stereocenters. The van der Waals surface area contributed by atoms with Crippen LogP contribution in [0.4, 0.5) is 11.5 Å². The number of halogens is 1. The molecule has 0 aliphatic heterocycles. The van der Waals surface area contributed by atoms with Crippen molar-refractivity contribution in [3.05, 3.63) is 47.1 Å². The molecule has 0 saturated carbocycles. The molecule has 0 atom stereocenters. The first-order valence-electron chi connectivity index (χ1n) is 5.13. The van der Waals surface area contributed by atoms with Gasteiger partial charge in [0.05, 0.1) is 0 Å². The van der Waals surface area contributed by atoms with E-state index in [2.05, 4.69) is 34.6 Å². The van der Waals surface area contributed by atoms with Crippen molar-refractivity contribution in [1.29, 1.82) is 0 Å². The fourth-order valence-corrected chi connectivity index (χ4v) is 1.46. The van der Waals surface area contributed by atoms with E-state index in [-0.39, 0.29) is 0 Å². The number of hydrogen-bond acceptors (Lipinski definition) is 3. The predicted molar refractivity (Wildman–Crippen MR) is 66.1 cm³/mol. The molecule has 1 heterocycles. The number of anilines is 2. The second kappa shape index (κ2) is 4.94. The monoisotopic (exact) mass is 233 g/mol. The fraction of sp³-hybridized carbons (Fsp3) is 0.167. The molecule has 4 heteroatoms. The van der Waals surface area contributed by atoms with Crippen LogP contribution in [-0.4, -0.2) is 10.2 Å². The van der Waals surface area contributed by atoms with Crippen LogP contribution < -0.4 is 5.32 Å². The molecule has 1 aromatic heterocycles. The molecule has 0 radical (unpaired) electrons. The lowest BCUT2D eigenvalue weighted by Crippen LogP contribution is -1.95. The molecule has 0 saturated heterocycles. The minimum Gasteiger partial charge on any atom is -0.339 e. The summed E-state index contributed by atoms with van der Waals surface area (Å²) in [4.78, 5) is 0. The van der Waals surface area contributed by atoms with Crippen molar-refractivity contribution < 1.29 is 0 Å². The highest BCUT2D eigenvalue weighted by Gasteiger charge is 1.97. The van der Waals surface area contributed by atoms with Gasteiger partial charge in [0.25, 0.3) is 0 Å². The Morgan fingerprint density at radius 3 is 2.38 bits per heavy atom. The van der Waals surface area contributed by atoms with Gasteiger partial charge >= 0.3 is 0 Å². The second-order valence-corrected chi connectivity index (χ2v) is 3.80. The van der Waals surface area contributed by atoms with Crippen LogP contribution in [0.1, 0.15) is 12.5 Å². The van der Waals surface area contributed by atoms with E-state index in [4.69, 9.17) is 11.6 Å². The summed E-state index contributed by atoms with van der Waals surface area (Å²) in [6, 6.07) is 11.7. The molecule has 82 valence electrons. The average Bonchev–Trinajstić information content (AvgIpc) is 2.33. The van der Waals surface area contributed by atoms with E-state index in [0.29, 0.717) is 11.0 Å². The SMILES string of the molecule is CCc1ccc(Nc2ccc(Cl)nn2)cc1. The Kier molecular flexibility index (Phi) is 3.37. The summed E-state index contributed by atoms with van der Waals surface area (Å²) in [5, 5.41) is 11.2. The van der Waals surface area contributed by atoms with Crippen molar-refractivity contribution in [2.75, 3.05) is 5.32 Å². The molecule has 0 aliphatic rings. The molecule has 0 amide bonds. The Morgan fingerprint density at radius 1 is 1.06 bits per heavy atom. The standard InChI is InChI=1S/C12H12ClN3/c1-2-9-3-5-10(6-4-9)14-12-8-7-11(13)15-16-12/h3-8H,2H2,1H3,(H,14,16). The van der Waals surface area contributed by atoms with Gasteiger partial charge in [0.15, 0.2) is 11.0 Å². The maximum atomic E-state index is 5.65. The molecular weight excluding hydrogens is 222 g/mol. The van der Waals surface area contributed by atoms with Crippen LogP contribution >= 0.6 is 11.6 Å². The summed E-state index contributed by atoms with van der Waals surface area (Å²) in [6.45, 7) is 2.13. The number of benzene rings is 1. The number of aromatic nitrogens is 2. The Labute approximate surface area is 99.5 Å². The molecule has 0 bridgehead atoms. The van der Waals surface area contributed by atoms with E-state index in [0.717, 1.165) is 12.1 Å². The van der Waals surface area contributed by atoms with Crippen molar-refractivity contribution >= 4 is 23.1 Å². The average molecular weight is 234 g/mol. The zero-order valence-electron chi connectivity index (χ0n) is 8.94. The van der Waals surface area contributed by atoms with Crippen LogP contribution in [0.25, 0.3) is 0 Å². The number of nitrogens with zero attached hydrogens (tertiary/aromatic N) is 2. The highest BCUT2D eigenvalue weighted by Crippen LogP contribution is 2.15. The topological polar surface area (TPSA) is 37.8 Å². The van der Waals surface area contributed by atoms with Gasteiger partial charge in [-0.05, 0) is 36.2 Å². The molecule has 2 rings (SSSR count). The van der Waals surface area contributed by atoms with Crippen LogP contribution in [0.2, 0.25) is 5.15 Å². The van der Waals surface area contributed by atoms with Crippen molar-refractivity contribution in [2.45, 2.75) is 13.3 Å². The van der Waals surface area contributed by atoms with Crippen LogP contribution in [0.3, 0.4) is 0 Å². The molecule has 1 aromatic carbocycles. The molecule has 3 nitrogen and oxygen atoms in total. The van der Waals surface area contributed by atoms with Crippen molar-refractivity contribution in [2.24, 2.45) is 0 Å². The third kappa shape index (κ3) is 2.70. The lowest BCUT2D eigenvalue weighted by Gasteiger charge is -2.05. The molecule has 0 aliphatic carbocycles. The van der Waals surface area contributed by atoms with E-state index < -0.39 is 0 Å². The molecule has 16 heavy (non-hydrogen) atoms. The van der Waals surface area contributed by atoms with Gasteiger partial charge in [-0.3, -0.25) is 0 Å². The molecule has 0 spiro atoms. The maximum Gasteiger partial charge on any atom is 0.153 e. The highest BCUT2D eigenvalue weighted by molar-refractivity contribution is 6.29. The van der Waals surface area contributed by atoms with E-state index in [9.17, 15) is 0 Å². The first-order chi connectivity index (χ1) is 7.78. The largest absolute Gasteiger partial charge is 0.339 e. The van der Waals surface area contributed by atoms with Crippen molar-refractivity contribution in [1.82, 2.24) is 10.2 Å². The predicted octanol–water partition coefficient (Wildman–Crippen LogP) is 3.44. The highest BCUT2D eigenvalue weighted by atomic mass is 35.5. The Balaban J connectivity index is 2.11. The van der Waals surface area contributed by atoms with Gasteiger partial charge in [0, 0.05) is 5.69 Å². The summed E-state index contributed by atoms with van der Waals surface area (Å²) in [7, 11) is 0. The van der Waals surface area contributed by atoms with Crippen LogP contribution in [-0.2, 0) is 6.42 Å². The van der Waals surface area contributed by atoms with E-state index in [1.807, 2.05) is 12.1 Å². The second-order valence-electron chi connectivity index (χ2n) is 3.42. The van der Waals surface area contributed by atoms with Crippen molar-refractivity contribution in [3.8, 4) is 0 Å². The van der Waals surface area contributed by atoms with Gasteiger partial charge in [-0.1, -0.05) is 30.7 Å². The summed E-state index contributed by atoms with van der Waals surface area (Å²) >= 11 is 5.65. The molecular formula is C12H12ClN3. The number of rotatable bonds is 3. The van der Waals surface area contributed by atoms with Gasteiger partial charge in [0.2, 0.25) is 0 Å². The van der Waals surface area contributed by atoms with Crippen molar-refractivity contribution in [3.63, 3.8) is 0 Å². The first-order valence-corrected chi connectivity index (χ1v) is 5.51. The van der Waals surface area contributed by atoms with Crippen LogP contribution in [0.5, 0.6) is 0 Å². The molecule has 1 N–H and O–H groups in total. The summed E-state index contributed by atoms with van der Waals surface area (Å²) < 4.78 is 0. The van der Waals surface area contributed by atoms with Gasteiger partial charge in [0.1, 0.15) is 0 Å². The third-order valence-electron chi connectivity index (χ3n) is 2.27. The zero-order valence-corrected chi connectivity index (χ0v) is 9.70. The number of nitrogens with one attached hydrogen (secondary N) is 1. The minimum atomic E-state index is 0.395. The zero-order chi connectivity index (χ0) is 11.4. The third-order valence-corrected chi connectivity index (χ3v) is 2.47. The Morgan fingerprint density at radius 2 is 1.81 bits per heavy atom. The van der Waals surface area contributed by atoms with E-state index in [1.165, 1.54) is 5.56 Å². The Hall–Kier alpha value is -1.61.